The Labute approximate surface area is 103 Å². The number of rotatable bonds is 1. The maximum atomic E-state index is 3.44. The van der Waals surface area contributed by atoms with Gasteiger partial charge < -0.3 is 4.98 Å². The molecule has 17 heavy (non-hydrogen) atoms. The average molecular weight is 227 g/mol. The van der Waals surface area contributed by atoms with Crippen LogP contribution in [-0.4, -0.2) is 4.98 Å². The van der Waals surface area contributed by atoms with Gasteiger partial charge in [-0.1, -0.05) is 37.8 Å². The van der Waals surface area contributed by atoms with Crippen molar-refractivity contribution in [1.29, 1.82) is 0 Å². The molecule has 1 heteroatoms. The van der Waals surface area contributed by atoms with Crippen molar-refractivity contribution in [2.45, 2.75) is 51.4 Å². The quantitative estimate of drug-likeness (QED) is 0.727. The molecule has 1 aliphatic rings. The monoisotopic (exact) mass is 227 g/mol. The molecule has 1 aromatic heterocycles. The molecule has 0 saturated heterocycles. The van der Waals surface area contributed by atoms with Gasteiger partial charge in [0.25, 0.3) is 0 Å². The van der Waals surface area contributed by atoms with E-state index in [4.69, 9.17) is 0 Å². The predicted molar refractivity (Wildman–Crippen MR) is 73.5 cm³/mol. The fraction of sp³-hybridized carbons (Fsp3) is 0.500. The number of benzene rings is 1. The summed E-state index contributed by atoms with van der Waals surface area (Å²) in [5, 5.41) is 1.44. The van der Waals surface area contributed by atoms with Crippen LogP contribution < -0.4 is 0 Å². The molecule has 0 bridgehead atoms. The van der Waals surface area contributed by atoms with Crippen molar-refractivity contribution in [3.63, 3.8) is 0 Å². The summed E-state index contributed by atoms with van der Waals surface area (Å²) in [6.45, 7) is 4.62. The van der Waals surface area contributed by atoms with E-state index in [-0.39, 0.29) is 0 Å². The number of nitrogens with one attached hydrogen (secondary N) is 1. The summed E-state index contributed by atoms with van der Waals surface area (Å²) in [7, 11) is 0. The van der Waals surface area contributed by atoms with E-state index in [2.05, 4.69) is 43.2 Å². The topological polar surface area (TPSA) is 15.8 Å². The van der Waals surface area contributed by atoms with Crippen molar-refractivity contribution >= 4 is 10.9 Å². The Hall–Kier alpha value is -1.24. The molecule has 2 aromatic rings. The number of H-pyrrole nitrogens is 1. The molecule has 3 rings (SSSR count). The van der Waals surface area contributed by atoms with Gasteiger partial charge in [0.1, 0.15) is 0 Å². The first-order valence-electron chi connectivity index (χ1n) is 6.77. The largest absolute Gasteiger partial charge is 0.361 e. The smallest absolute Gasteiger partial charge is 0.0457 e. The highest BCUT2D eigenvalue weighted by atomic mass is 14.7. The number of aromatic amines is 1. The lowest BCUT2D eigenvalue weighted by molar-refractivity contribution is 0.322. The molecule has 1 N–H and O–H groups in total. The van der Waals surface area contributed by atoms with Gasteiger partial charge in [-0.3, -0.25) is 0 Å². The third-order valence-electron chi connectivity index (χ3n) is 4.44. The second kappa shape index (κ2) is 3.90. The van der Waals surface area contributed by atoms with Crippen LogP contribution >= 0.6 is 0 Å². The highest BCUT2D eigenvalue weighted by Gasteiger charge is 2.30. The number of aromatic nitrogens is 1. The molecule has 0 amide bonds. The van der Waals surface area contributed by atoms with E-state index in [1.807, 2.05) is 0 Å². The number of fused-ring (bicyclic) bond motifs is 1. The van der Waals surface area contributed by atoms with Crippen molar-refractivity contribution in [3.8, 4) is 0 Å². The molecule has 1 aromatic carbocycles. The summed E-state index contributed by atoms with van der Waals surface area (Å²) in [5.41, 5.74) is 4.58. The van der Waals surface area contributed by atoms with Gasteiger partial charge in [0.05, 0.1) is 0 Å². The van der Waals surface area contributed by atoms with Crippen molar-refractivity contribution < 1.29 is 0 Å². The van der Waals surface area contributed by atoms with Gasteiger partial charge in [0, 0.05) is 17.1 Å². The number of aryl methyl sites for hydroxylation is 1. The highest BCUT2D eigenvalue weighted by Crippen LogP contribution is 2.41. The SMILES string of the molecule is Cc1ccc2[nH]cc(C3(C)CCCCC3)c2c1. The third-order valence-corrected chi connectivity index (χ3v) is 4.44. The minimum absolute atomic E-state index is 0.393. The van der Waals surface area contributed by atoms with E-state index in [0.717, 1.165) is 0 Å². The minimum Gasteiger partial charge on any atom is -0.361 e. The van der Waals surface area contributed by atoms with Crippen LogP contribution in [0, 0.1) is 6.92 Å². The summed E-state index contributed by atoms with van der Waals surface area (Å²) in [6, 6.07) is 6.73. The van der Waals surface area contributed by atoms with Crippen molar-refractivity contribution in [3.05, 3.63) is 35.5 Å². The molecule has 1 aliphatic carbocycles. The normalized spacial score (nSPS) is 19.6. The fourth-order valence-corrected chi connectivity index (χ4v) is 3.34. The van der Waals surface area contributed by atoms with E-state index in [0.29, 0.717) is 5.41 Å². The molecule has 1 fully saturated rings. The molecule has 0 aliphatic heterocycles. The van der Waals surface area contributed by atoms with Crippen molar-refractivity contribution in [2.24, 2.45) is 0 Å². The second-order valence-corrected chi connectivity index (χ2v) is 5.87. The van der Waals surface area contributed by atoms with Gasteiger partial charge in [-0.15, -0.1) is 0 Å². The Morgan fingerprint density at radius 3 is 2.65 bits per heavy atom. The van der Waals surface area contributed by atoms with Crippen LogP contribution in [0.25, 0.3) is 10.9 Å². The van der Waals surface area contributed by atoms with Gasteiger partial charge in [-0.25, -0.2) is 0 Å². The van der Waals surface area contributed by atoms with Gasteiger partial charge in [-0.2, -0.15) is 0 Å². The summed E-state index contributed by atoms with van der Waals surface area (Å²) in [4.78, 5) is 3.44. The first-order chi connectivity index (χ1) is 8.19. The standard InChI is InChI=1S/C16H21N/c1-12-6-7-15-13(10-12)14(11-17-15)16(2)8-4-3-5-9-16/h6-7,10-11,17H,3-5,8-9H2,1-2H3. The molecule has 0 unspecified atom stereocenters. The lowest BCUT2D eigenvalue weighted by atomic mass is 9.71. The van der Waals surface area contributed by atoms with E-state index in [9.17, 15) is 0 Å². The Bertz CT molecular complexity index is 529. The van der Waals surface area contributed by atoms with Crippen LogP contribution in [0.3, 0.4) is 0 Å². The first-order valence-corrected chi connectivity index (χ1v) is 6.77. The van der Waals surface area contributed by atoms with Gasteiger partial charge in [-0.05, 0) is 42.9 Å². The number of hydrogen-bond donors (Lipinski definition) is 1. The van der Waals surface area contributed by atoms with Crippen LogP contribution in [0.2, 0.25) is 0 Å². The fourth-order valence-electron chi connectivity index (χ4n) is 3.34. The summed E-state index contributed by atoms with van der Waals surface area (Å²) >= 11 is 0. The highest BCUT2D eigenvalue weighted by molar-refractivity contribution is 5.85. The molecule has 1 heterocycles. The van der Waals surface area contributed by atoms with Crippen LogP contribution in [0.15, 0.2) is 24.4 Å². The van der Waals surface area contributed by atoms with E-state index >= 15 is 0 Å². The van der Waals surface area contributed by atoms with Crippen LogP contribution in [0.5, 0.6) is 0 Å². The molecule has 1 nitrogen and oxygen atoms in total. The molecule has 1 saturated carbocycles. The Morgan fingerprint density at radius 1 is 1.12 bits per heavy atom. The van der Waals surface area contributed by atoms with Crippen LogP contribution in [-0.2, 0) is 5.41 Å². The Balaban J connectivity index is 2.13. The summed E-state index contributed by atoms with van der Waals surface area (Å²) in [6.07, 6.45) is 9.11. The van der Waals surface area contributed by atoms with E-state index in [1.165, 1.54) is 54.1 Å². The first kappa shape index (κ1) is 10.9. The Morgan fingerprint density at radius 2 is 1.88 bits per heavy atom. The molecular formula is C16H21N. The third kappa shape index (κ3) is 1.78. The van der Waals surface area contributed by atoms with Gasteiger partial charge in [0.15, 0.2) is 0 Å². The minimum atomic E-state index is 0.393. The zero-order valence-electron chi connectivity index (χ0n) is 10.8. The zero-order chi connectivity index (χ0) is 11.9. The van der Waals surface area contributed by atoms with E-state index < -0.39 is 0 Å². The molecule has 0 radical (unpaired) electrons. The maximum absolute atomic E-state index is 3.44. The van der Waals surface area contributed by atoms with Crippen LogP contribution in [0.1, 0.15) is 50.2 Å². The van der Waals surface area contributed by atoms with Gasteiger partial charge in [0.2, 0.25) is 0 Å². The second-order valence-electron chi connectivity index (χ2n) is 5.87. The summed E-state index contributed by atoms with van der Waals surface area (Å²) < 4.78 is 0. The average Bonchev–Trinajstić information content (AvgIpc) is 2.73. The summed E-state index contributed by atoms with van der Waals surface area (Å²) in [5.74, 6) is 0. The lowest BCUT2D eigenvalue weighted by Crippen LogP contribution is -2.24. The van der Waals surface area contributed by atoms with Crippen molar-refractivity contribution in [2.75, 3.05) is 0 Å². The van der Waals surface area contributed by atoms with Gasteiger partial charge >= 0.3 is 0 Å². The van der Waals surface area contributed by atoms with Crippen molar-refractivity contribution in [1.82, 2.24) is 4.98 Å². The number of hydrogen-bond acceptors (Lipinski definition) is 0. The molecule has 0 spiro atoms. The van der Waals surface area contributed by atoms with Crippen LogP contribution in [0.4, 0.5) is 0 Å². The maximum Gasteiger partial charge on any atom is 0.0457 e. The lowest BCUT2D eigenvalue weighted by Gasteiger charge is -2.33. The predicted octanol–water partition coefficient (Wildman–Crippen LogP) is 4.70. The molecular weight excluding hydrogens is 206 g/mol. The molecule has 90 valence electrons. The zero-order valence-corrected chi connectivity index (χ0v) is 10.8. The van der Waals surface area contributed by atoms with E-state index in [1.54, 1.807) is 0 Å². The Kier molecular flexibility index (Phi) is 2.50. The molecule has 0 atom stereocenters.